The Hall–Kier alpha value is -1.59. The number of hydrogen-bond acceptors (Lipinski definition) is 4. The van der Waals surface area contributed by atoms with E-state index in [1.54, 1.807) is 7.05 Å². The molecule has 2 atom stereocenters. The Balaban J connectivity index is 1.92. The number of morpholine rings is 1. The summed E-state index contributed by atoms with van der Waals surface area (Å²) in [6, 6.07) is 5.78. The number of fused-ring (bicyclic) bond motifs is 1. The van der Waals surface area contributed by atoms with Gasteiger partial charge >= 0.3 is 0 Å². The maximum atomic E-state index is 11.7. The largest absolute Gasteiger partial charge is 0.378 e. The lowest BCUT2D eigenvalue weighted by Gasteiger charge is -2.33. The van der Waals surface area contributed by atoms with E-state index in [0.29, 0.717) is 5.56 Å². The number of nitrogens with zero attached hydrogens (tertiary/aromatic N) is 2. The van der Waals surface area contributed by atoms with Crippen LogP contribution in [-0.4, -0.2) is 43.9 Å². The minimum absolute atomic E-state index is 0.215. The Morgan fingerprint density at radius 3 is 2.95 bits per heavy atom. The monoisotopic (exact) mass is 262 g/mol. The molecule has 0 radical (unpaired) electrons. The normalized spacial score (nSPS) is 26.8. The van der Waals surface area contributed by atoms with Gasteiger partial charge in [-0.3, -0.25) is 4.79 Å². The predicted octanol–water partition coefficient (Wildman–Crippen LogP) is 0.921. The first-order valence-electron chi connectivity index (χ1n) is 6.54. The Morgan fingerprint density at radius 1 is 1.42 bits per heavy atom. The maximum absolute atomic E-state index is 11.7. The fraction of sp³-hybridized carbons (Fsp3) is 0.500. The number of likely N-dealkylation sites (N-methyl/N-ethyl adjacent to an activating group) is 1. The van der Waals surface area contributed by atoms with Crippen LogP contribution in [0.3, 0.4) is 0 Å². The van der Waals surface area contributed by atoms with Crippen molar-refractivity contribution >= 4 is 17.3 Å². The van der Waals surface area contributed by atoms with Crippen molar-refractivity contribution < 1.29 is 14.6 Å². The van der Waals surface area contributed by atoms with E-state index in [-0.39, 0.29) is 12.0 Å². The van der Waals surface area contributed by atoms with Crippen molar-refractivity contribution in [2.45, 2.75) is 19.1 Å². The van der Waals surface area contributed by atoms with Crippen molar-refractivity contribution in [2.24, 2.45) is 0 Å². The number of amides is 1. The highest BCUT2D eigenvalue weighted by Gasteiger charge is 2.34. The molecule has 2 heterocycles. The van der Waals surface area contributed by atoms with Gasteiger partial charge in [-0.25, -0.2) is 0 Å². The second kappa shape index (κ2) is 4.51. The first kappa shape index (κ1) is 12.4. The summed E-state index contributed by atoms with van der Waals surface area (Å²) >= 11 is 0. The summed E-state index contributed by atoms with van der Waals surface area (Å²) < 4.78 is 5.53. The van der Waals surface area contributed by atoms with Crippen LogP contribution < -0.4 is 9.80 Å². The van der Waals surface area contributed by atoms with Crippen molar-refractivity contribution in [1.29, 1.82) is 0 Å². The van der Waals surface area contributed by atoms with E-state index in [4.69, 9.17) is 4.74 Å². The van der Waals surface area contributed by atoms with Gasteiger partial charge in [0.15, 0.2) is 6.10 Å². The van der Waals surface area contributed by atoms with Gasteiger partial charge in [0.1, 0.15) is 0 Å². The molecule has 0 aromatic heterocycles. The average Bonchev–Trinajstić information content (AvgIpc) is 2.64. The lowest BCUT2D eigenvalue weighted by Crippen LogP contribution is -2.41. The summed E-state index contributed by atoms with van der Waals surface area (Å²) in [7, 11) is 1.70. The number of hydrogen-bond donors (Lipinski definition) is 1. The van der Waals surface area contributed by atoms with Gasteiger partial charge in [0.05, 0.1) is 18.4 Å². The average molecular weight is 262 g/mol. The molecule has 1 saturated heterocycles. The predicted molar refractivity (Wildman–Crippen MR) is 72.4 cm³/mol. The molecular formula is C14H18N2O3. The van der Waals surface area contributed by atoms with Crippen LogP contribution in [0.5, 0.6) is 0 Å². The van der Waals surface area contributed by atoms with Crippen LogP contribution in [0.4, 0.5) is 11.4 Å². The highest BCUT2D eigenvalue weighted by Crippen LogP contribution is 2.37. The van der Waals surface area contributed by atoms with Crippen LogP contribution in [0, 0.1) is 0 Å². The molecule has 2 aliphatic heterocycles. The third-order valence-electron chi connectivity index (χ3n) is 3.84. The molecule has 0 saturated carbocycles. The Labute approximate surface area is 112 Å². The van der Waals surface area contributed by atoms with E-state index < -0.39 is 6.10 Å². The molecule has 0 aliphatic carbocycles. The van der Waals surface area contributed by atoms with Crippen LogP contribution in [-0.2, 0) is 9.53 Å². The summed E-state index contributed by atoms with van der Waals surface area (Å²) in [4.78, 5) is 15.5. The molecule has 1 fully saturated rings. The highest BCUT2D eigenvalue weighted by molar-refractivity contribution is 6.03. The van der Waals surface area contributed by atoms with Crippen LogP contribution >= 0.6 is 0 Å². The molecule has 3 rings (SSSR count). The SMILES string of the molecule is CC1CN(c2ccc3c(c2)N(C)C(=O)C3O)CCO1. The van der Waals surface area contributed by atoms with E-state index >= 15 is 0 Å². The number of carbonyl (C=O) groups is 1. The number of ether oxygens (including phenoxy) is 1. The van der Waals surface area contributed by atoms with Gasteiger partial charge in [0, 0.05) is 31.4 Å². The topological polar surface area (TPSA) is 53.0 Å². The Morgan fingerprint density at radius 2 is 2.21 bits per heavy atom. The Bertz CT molecular complexity index is 517. The van der Waals surface area contributed by atoms with E-state index in [1.807, 2.05) is 18.2 Å². The Kier molecular flexibility index (Phi) is 2.95. The van der Waals surface area contributed by atoms with Crippen LogP contribution in [0.2, 0.25) is 0 Å². The van der Waals surface area contributed by atoms with Gasteiger partial charge in [-0.1, -0.05) is 6.07 Å². The van der Waals surface area contributed by atoms with Crippen LogP contribution in [0.15, 0.2) is 18.2 Å². The third-order valence-corrected chi connectivity index (χ3v) is 3.84. The minimum Gasteiger partial charge on any atom is -0.378 e. The summed E-state index contributed by atoms with van der Waals surface area (Å²) in [5.41, 5.74) is 2.56. The summed E-state index contributed by atoms with van der Waals surface area (Å²) in [6.45, 7) is 4.47. The lowest BCUT2D eigenvalue weighted by molar-refractivity contribution is -0.125. The van der Waals surface area contributed by atoms with Gasteiger partial charge in [0.25, 0.3) is 5.91 Å². The smallest absolute Gasteiger partial charge is 0.260 e. The number of anilines is 2. The van der Waals surface area contributed by atoms with E-state index in [1.165, 1.54) is 4.90 Å². The van der Waals surface area contributed by atoms with Gasteiger partial charge in [-0.15, -0.1) is 0 Å². The molecule has 2 aliphatic rings. The van der Waals surface area contributed by atoms with Gasteiger partial charge in [-0.2, -0.15) is 0 Å². The molecule has 5 nitrogen and oxygen atoms in total. The number of aliphatic hydroxyl groups is 1. The molecule has 2 unspecified atom stereocenters. The molecule has 19 heavy (non-hydrogen) atoms. The van der Waals surface area contributed by atoms with Gasteiger partial charge < -0.3 is 19.6 Å². The number of aliphatic hydroxyl groups excluding tert-OH is 1. The first-order chi connectivity index (χ1) is 9.08. The summed E-state index contributed by atoms with van der Waals surface area (Å²) in [5.74, 6) is -0.262. The minimum atomic E-state index is -1.02. The number of benzene rings is 1. The fourth-order valence-electron chi connectivity index (χ4n) is 2.74. The van der Waals surface area contributed by atoms with Crippen molar-refractivity contribution in [2.75, 3.05) is 36.5 Å². The summed E-state index contributed by atoms with van der Waals surface area (Å²) in [5, 5.41) is 9.84. The molecule has 1 N–H and O–H groups in total. The van der Waals surface area contributed by atoms with Crippen molar-refractivity contribution in [3.05, 3.63) is 23.8 Å². The van der Waals surface area contributed by atoms with Gasteiger partial charge in [-0.05, 0) is 19.1 Å². The fourth-order valence-corrected chi connectivity index (χ4v) is 2.74. The molecule has 1 amide bonds. The summed E-state index contributed by atoms with van der Waals surface area (Å²) in [6.07, 6.45) is -0.801. The molecule has 1 aromatic carbocycles. The van der Waals surface area contributed by atoms with Crippen molar-refractivity contribution in [3.8, 4) is 0 Å². The van der Waals surface area contributed by atoms with Crippen molar-refractivity contribution in [1.82, 2.24) is 0 Å². The highest BCUT2D eigenvalue weighted by atomic mass is 16.5. The van der Waals surface area contributed by atoms with E-state index in [9.17, 15) is 9.90 Å². The zero-order chi connectivity index (χ0) is 13.6. The molecule has 1 aromatic rings. The van der Waals surface area contributed by atoms with Crippen molar-refractivity contribution in [3.63, 3.8) is 0 Å². The second-order valence-corrected chi connectivity index (χ2v) is 5.17. The first-order valence-corrected chi connectivity index (χ1v) is 6.54. The third kappa shape index (κ3) is 1.99. The quantitative estimate of drug-likeness (QED) is 0.817. The van der Waals surface area contributed by atoms with E-state index in [2.05, 4.69) is 11.8 Å². The lowest BCUT2D eigenvalue weighted by atomic mass is 10.1. The standard InChI is InChI=1S/C14H18N2O3/c1-9-8-16(5-6-19-9)10-3-4-11-12(7-10)15(2)14(18)13(11)17/h3-4,7,9,13,17H,5-6,8H2,1-2H3. The number of rotatable bonds is 1. The van der Waals surface area contributed by atoms with E-state index in [0.717, 1.165) is 31.1 Å². The molecule has 5 heteroatoms. The number of carbonyl (C=O) groups excluding carboxylic acids is 1. The van der Waals surface area contributed by atoms with Crippen LogP contribution in [0.1, 0.15) is 18.6 Å². The molecule has 0 bridgehead atoms. The zero-order valence-electron chi connectivity index (χ0n) is 11.2. The van der Waals surface area contributed by atoms with Gasteiger partial charge in [0.2, 0.25) is 0 Å². The molecular weight excluding hydrogens is 244 g/mol. The van der Waals surface area contributed by atoms with Crippen LogP contribution in [0.25, 0.3) is 0 Å². The second-order valence-electron chi connectivity index (χ2n) is 5.17. The molecule has 102 valence electrons. The maximum Gasteiger partial charge on any atom is 0.260 e. The molecule has 0 spiro atoms. The zero-order valence-corrected chi connectivity index (χ0v) is 11.2.